The molecule has 0 saturated carbocycles. The van der Waals surface area contributed by atoms with Crippen molar-refractivity contribution in [1.29, 1.82) is 0 Å². The van der Waals surface area contributed by atoms with E-state index < -0.39 is 97.5 Å². The summed E-state index contributed by atoms with van der Waals surface area (Å²) in [6, 6.07) is 0. The Bertz CT molecular complexity index is 1860. The summed E-state index contributed by atoms with van der Waals surface area (Å²) in [5.41, 5.74) is 0. The molecule has 0 saturated heterocycles. The number of aliphatic hydroxyl groups is 1. The largest absolute Gasteiger partial charge is 0.472 e. The third-order valence-corrected chi connectivity index (χ3v) is 20.2. The SMILES string of the molecule is CCCCCCCCCCCCCCCCCCCCCCCCC(=O)O[C@H](COC(=O)CCCCCCCCCCCCCCC)COP(=O)(O)OC[C@@H](O)COP(=O)(O)OC[C@@H](COC(=O)CCCCCCCCCC(C)C)OC(=O)CCCCCCCCCCCCCC. The van der Waals surface area contributed by atoms with Gasteiger partial charge in [0.1, 0.15) is 19.3 Å². The van der Waals surface area contributed by atoms with Crippen LogP contribution in [-0.4, -0.2) is 96.7 Å². The number of aliphatic hydroxyl groups excluding tert-OH is 1. The molecule has 0 rings (SSSR count). The molecule has 0 spiro atoms. The number of esters is 4. The monoisotopic (exact) mass is 1420 g/mol. The Morgan fingerprint density at radius 3 is 0.701 bits per heavy atom. The fourth-order valence-electron chi connectivity index (χ4n) is 12.1. The number of ether oxygens (including phenoxy) is 4. The van der Waals surface area contributed by atoms with Crippen LogP contribution in [0.15, 0.2) is 0 Å². The Kier molecular flexibility index (Phi) is 69.6. The lowest BCUT2D eigenvalue weighted by atomic mass is 10.0. The van der Waals surface area contributed by atoms with E-state index in [9.17, 15) is 43.2 Å². The Morgan fingerprint density at radius 2 is 0.474 bits per heavy atom. The van der Waals surface area contributed by atoms with Crippen LogP contribution in [0.2, 0.25) is 0 Å². The average Bonchev–Trinajstić information content (AvgIpc) is 1.02. The summed E-state index contributed by atoms with van der Waals surface area (Å²) < 4.78 is 68.5. The van der Waals surface area contributed by atoms with Gasteiger partial charge in [0.2, 0.25) is 0 Å². The van der Waals surface area contributed by atoms with Crippen molar-refractivity contribution in [3.05, 3.63) is 0 Å². The van der Waals surface area contributed by atoms with Crippen molar-refractivity contribution in [3.8, 4) is 0 Å². The van der Waals surface area contributed by atoms with E-state index >= 15 is 0 Å². The summed E-state index contributed by atoms with van der Waals surface area (Å²) in [4.78, 5) is 72.8. The van der Waals surface area contributed by atoms with Crippen molar-refractivity contribution < 1.29 is 80.2 Å². The van der Waals surface area contributed by atoms with Crippen molar-refractivity contribution in [2.24, 2.45) is 5.92 Å². The van der Waals surface area contributed by atoms with Gasteiger partial charge in [-0.05, 0) is 31.6 Å². The Morgan fingerprint density at radius 1 is 0.278 bits per heavy atom. The number of phosphoric ester groups is 2. The summed E-state index contributed by atoms with van der Waals surface area (Å²) in [5, 5.41) is 10.6. The quantitative estimate of drug-likeness (QED) is 0.0222. The fraction of sp³-hybridized carbons (Fsp3) is 0.949. The second-order valence-electron chi connectivity index (χ2n) is 28.6. The first-order valence-corrected chi connectivity index (χ1v) is 43.6. The summed E-state index contributed by atoms with van der Waals surface area (Å²) in [6.07, 6.45) is 61.2. The molecule has 576 valence electrons. The molecule has 0 heterocycles. The van der Waals surface area contributed by atoms with E-state index in [-0.39, 0.29) is 25.7 Å². The molecule has 0 radical (unpaired) electrons. The molecule has 5 atom stereocenters. The molecule has 2 unspecified atom stereocenters. The van der Waals surface area contributed by atoms with Crippen LogP contribution >= 0.6 is 15.6 Å². The van der Waals surface area contributed by atoms with Gasteiger partial charge in [-0.25, -0.2) is 9.13 Å². The molecule has 0 aromatic carbocycles. The molecule has 0 aromatic heterocycles. The van der Waals surface area contributed by atoms with E-state index in [1.54, 1.807) is 0 Å². The first-order valence-electron chi connectivity index (χ1n) is 40.6. The smallest absolute Gasteiger partial charge is 0.462 e. The van der Waals surface area contributed by atoms with E-state index in [2.05, 4.69) is 34.6 Å². The topological polar surface area (TPSA) is 237 Å². The molecule has 17 nitrogen and oxygen atoms in total. The van der Waals surface area contributed by atoms with Crippen LogP contribution in [0.5, 0.6) is 0 Å². The van der Waals surface area contributed by atoms with Crippen molar-refractivity contribution in [2.75, 3.05) is 39.6 Å². The lowest BCUT2D eigenvalue weighted by Crippen LogP contribution is -2.30. The molecule has 0 aromatic rings. The Balaban J connectivity index is 5.18. The lowest BCUT2D eigenvalue weighted by Gasteiger charge is -2.21. The van der Waals surface area contributed by atoms with Gasteiger partial charge in [-0.1, -0.05) is 362 Å². The van der Waals surface area contributed by atoms with Gasteiger partial charge in [-0.2, -0.15) is 0 Å². The lowest BCUT2D eigenvalue weighted by molar-refractivity contribution is -0.161. The van der Waals surface area contributed by atoms with Gasteiger partial charge >= 0.3 is 39.5 Å². The third-order valence-electron chi connectivity index (χ3n) is 18.3. The molecule has 0 aliphatic heterocycles. The number of rotatable bonds is 78. The molecule has 0 fully saturated rings. The molecule has 19 heteroatoms. The minimum atomic E-state index is -4.96. The molecule has 3 N–H and O–H groups in total. The van der Waals surface area contributed by atoms with Crippen LogP contribution in [0.25, 0.3) is 0 Å². The number of phosphoric acid groups is 2. The maximum absolute atomic E-state index is 13.1. The zero-order valence-corrected chi connectivity index (χ0v) is 65.0. The van der Waals surface area contributed by atoms with Crippen LogP contribution in [0.3, 0.4) is 0 Å². The first kappa shape index (κ1) is 95.1. The van der Waals surface area contributed by atoms with Crippen LogP contribution < -0.4 is 0 Å². The van der Waals surface area contributed by atoms with E-state index in [1.165, 1.54) is 231 Å². The van der Waals surface area contributed by atoms with Gasteiger partial charge in [0.25, 0.3) is 0 Å². The van der Waals surface area contributed by atoms with Crippen molar-refractivity contribution in [2.45, 2.75) is 432 Å². The number of unbranched alkanes of at least 4 members (excludes halogenated alkanes) is 50. The summed E-state index contributed by atoms with van der Waals surface area (Å²) in [6.45, 7) is 7.24. The normalized spacial score (nSPS) is 13.9. The van der Waals surface area contributed by atoms with Gasteiger partial charge in [0.05, 0.1) is 26.4 Å². The summed E-state index contributed by atoms with van der Waals surface area (Å²) in [5.74, 6) is -1.41. The highest BCUT2D eigenvalue weighted by molar-refractivity contribution is 7.47. The fourth-order valence-corrected chi connectivity index (χ4v) is 13.6. The van der Waals surface area contributed by atoms with E-state index in [4.69, 9.17) is 37.0 Å². The van der Waals surface area contributed by atoms with Gasteiger partial charge in [-0.3, -0.25) is 37.3 Å². The number of carbonyl (C=O) groups is 4. The zero-order chi connectivity index (χ0) is 71.2. The van der Waals surface area contributed by atoms with Crippen LogP contribution in [-0.2, 0) is 65.4 Å². The Labute approximate surface area is 594 Å². The summed E-state index contributed by atoms with van der Waals surface area (Å²) in [7, 11) is -9.91. The van der Waals surface area contributed by atoms with Gasteiger partial charge in [0, 0.05) is 25.7 Å². The molecule has 0 bridgehead atoms. The predicted octanol–water partition coefficient (Wildman–Crippen LogP) is 23.3. The third kappa shape index (κ3) is 72.2. The van der Waals surface area contributed by atoms with Crippen LogP contribution in [0.4, 0.5) is 0 Å². The summed E-state index contributed by atoms with van der Waals surface area (Å²) >= 11 is 0. The molecule has 97 heavy (non-hydrogen) atoms. The number of hydrogen-bond acceptors (Lipinski definition) is 15. The number of carbonyl (C=O) groups excluding carboxylic acids is 4. The highest BCUT2D eigenvalue weighted by atomic mass is 31.2. The second-order valence-corrected chi connectivity index (χ2v) is 31.5. The van der Waals surface area contributed by atoms with E-state index in [0.29, 0.717) is 31.6 Å². The maximum Gasteiger partial charge on any atom is 0.472 e. The first-order chi connectivity index (χ1) is 47.0. The second kappa shape index (κ2) is 71.1. The predicted molar refractivity (Wildman–Crippen MR) is 395 cm³/mol. The highest BCUT2D eigenvalue weighted by Gasteiger charge is 2.30. The standard InChI is InChI=1S/C78H152O17P2/c1-6-9-12-15-18-21-24-27-28-29-30-31-32-33-34-35-37-40-43-48-54-59-64-78(83)94-73(67-88-75(80)61-56-51-46-41-39-36-25-22-19-16-13-10-7-2)69-92-96(84,85)90-65-72(79)66-91-97(86,87)93-70-74(68-89-76(81)62-57-52-49-44-45-50-55-60-71(4)5)95-77(82)63-58-53-47-42-38-26-23-20-17-14-11-8-3/h71-74,79H,6-70H2,1-5H3,(H,84,85)(H,86,87)/t72-,73-,74-/m1/s1. The highest BCUT2D eigenvalue weighted by Crippen LogP contribution is 2.45. The van der Waals surface area contributed by atoms with Crippen molar-refractivity contribution in [3.63, 3.8) is 0 Å². The molecule has 0 aliphatic rings. The van der Waals surface area contributed by atoms with E-state index in [0.717, 1.165) is 96.3 Å². The molecular weight excluding hydrogens is 1270 g/mol. The van der Waals surface area contributed by atoms with Gasteiger partial charge < -0.3 is 33.8 Å². The van der Waals surface area contributed by atoms with Crippen LogP contribution in [0.1, 0.15) is 413 Å². The van der Waals surface area contributed by atoms with Crippen molar-refractivity contribution in [1.82, 2.24) is 0 Å². The minimum absolute atomic E-state index is 0.107. The Hall–Kier alpha value is -1.94. The van der Waals surface area contributed by atoms with Gasteiger partial charge in [-0.15, -0.1) is 0 Å². The molecule has 0 aliphatic carbocycles. The minimum Gasteiger partial charge on any atom is -0.462 e. The molecule has 0 amide bonds. The van der Waals surface area contributed by atoms with Crippen LogP contribution in [0, 0.1) is 5.92 Å². The molecular formula is C78H152O17P2. The number of hydrogen-bond donors (Lipinski definition) is 3. The average molecular weight is 1420 g/mol. The maximum atomic E-state index is 13.1. The van der Waals surface area contributed by atoms with Gasteiger partial charge in [0.15, 0.2) is 12.2 Å². The zero-order valence-electron chi connectivity index (χ0n) is 63.2. The van der Waals surface area contributed by atoms with E-state index in [1.807, 2.05) is 0 Å². The van der Waals surface area contributed by atoms with Crippen molar-refractivity contribution >= 4 is 39.5 Å².